The predicted octanol–water partition coefficient (Wildman–Crippen LogP) is 3.46. The molecule has 0 saturated carbocycles. The van der Waals surface area contributed by atoms with E-state index in [0.717, 1.165) is 69.4 Å². The molecule has 1 fully saturated rings. The Morgan fingerprint density at radius 3 is 2.77 bits per heavy atom. The van der Waals surface area contributed by atoms with Gasteiger partial charge in [0.05, 0.1) is 0 Å². The molecule has 1 atom stereocenters. The molecule has 22 heavy (non-hydrogen) atoms. The summed E-state index contributed by atoms with van der Waals surface area (Å²) >= 11 is 2.11. The fourth-order valence-corrected chi connectivity index (χ4v) is 3.64. The Bertz CT molecular complexity index is 303. The van der Waals surface area contributed by atoms with Crippen LogP contribution in [0.3, 0.4) is 0 Å². The van der Waals surface area contributed by atoms with Gasteiger partial charge in [0.15, 0.2) is 5.96 Å². The Balaban J connectivity index is 0.00000441. The lowest BCUT2D eigenvalue weighted by atomic mass is 10.1. The lowest BCUT2D eigenvalue weighted by Gasteiger charge is -2.36. The molecule has 0 aromatic carbocycles. The van der Waals surface area contributed by atoms with Gasteiger partial charge in [-0.2, -0.15) is 11.8 Å². The molecule has 4 nitrogen and oxygen atoms in total. The maximum absolute atomic E-state index is 5.37. The number of hydrogen-bond donors (Lipinski definition) is 1. The van der Waals surface area contributed by atoms with E-state index in [2.05, 4.69) is 42.7 Å². The summed E-state index contributed by atoms with van der Waals surface area (Å²) in [5.74, 6) is 3.03. The number of halogens is 1. The molecule has 0 amide bonds. The van der Waals surface area contributed by atoms with Gasteiger partial charge in [-0.05, 0) is 32.6 Å². The van der Waals surface area contributed by atoms with Crippen LogP contribution in [0.5, 0.6) is 0 Å². The van der Waals surface area contributed by atoms with Crippen molar-refractivity contribution >= 4 is 41.7 Å². The van der Waals surface area contributed by atoms with Crippen LogP contribution in [0.15, 0.2) is 4.99 Å². The molecule has 1 aliphatic heterocycles. The van der Waals surface area contributed by atoms with Gasteiger partial charge in [-0.1, -0.05) is 13.8 Å². The van der Waals surface area contributed by atoms with E-state index >= 15 is 0 Å². The average molecular weight is 443 g/mol. The van der Waals surface area contributed by atoms with Gasteiger partial charge in [-0.25, -0.2) is 0 Å². The van der Waals surface area contributed by atoms with Crippen LogP contribution in [0.25, 0.3) is 0 Å². The second-order valence-corrected chi connectivity index (χ2v) is 7.09. The van der Waals surface area contributed by atoms with Crippen LogP contribution in [0.2, 0.25) is 0 Å². The SMILES string of the molecule is CCNC(=NCCCCOCC)N1CCSC(C(C)C)C1.I. The van der Waals surface area contributed by atoms with Gasteiger partial charge in [0.2, 0.25) is 0 Å². The summed E-state index contributed by atoms with van der Waals surface area (Å²) in [7, 11) is 0. The highest BCUT2D eigenvalue weighted by molar-refractivity contribution is 14.0. The van der Waals surface area contributed by atoms with Crippen molar-refractivity contribution in [2.24, 2.45) is 10.9 Å². The van der Waals surface area contributed by atoms with Gasteiger partial charge in [-0.15, -0.1) is 24.0 Å². The summed E-state index contributed by atoms with van der Waals surface area (Å²) in [4.78, 5) is 7.23. The monoisotopic (exact) mass is 443 g/mol. The number of nitrogens with one attached hydrogen (secondary N) is 1. The highest BCUT2D eigenvalue weighted by atomic mass is 127. The van der Waals surface area contributed by atoms with E-state index in [4.69, 9.17) is 9.73 Å². The minimum atomic E-state index is 0. The Morgan fingerprint density at radius 1 is 1.36 bits per heavy atom. The summed E-state index contributed by atoms with van der Waals surface area (Å²) < 4.78 is 5.37. The van der Waals surface area contributed by atoms with Crippen molar-refractivity contribution in [1.29, 1.82) is 0 Å². The van der Waals surface area contributed by atoms with Gasteiger partial charge in [0.1, 0.15) is 0 Å². The smallest absolute Gasteiger partial charge is 0.193 e. The number of rotatable bonds is 8. The molecule has 0 aliphatic carbocycles. The number of aliphatic imine (C=N–C) groups is 1. The molecule has 1 saturated heterocycles. The third kappa shape index (κ3) is 8.82. The van der Waals surface area contributed by atoms with Gasteiger partial charge in [0, 0.05) is 50.4 Å². The van der Waals surface area contributed by atoms with Crippen molar-refractivity contribution in [1.82, 2.24) is 10.2 Å². The zero-order valence-corrected chi connectivity index (χ0v) is 17.8. The van der Waals surface area contributed by atoms with E-state index in [1.54, 1.807) is 0 Å². The molecule has 1 N–H and O–H groups in total. The Labute approximate surface area is 158 Å². The summed E-state index contributed by atoms with van der Waals surface area (Å²) in [5.41, 5.74) is 0. The van der Waals surface area contributed by atoms with Crippen molar-refractivity contribution in [2.45, 2.75) is 45.8 Å². The highest BCUT2D eigenvalue weighted by Crippen LogP contribution is 2.24. The molecule has 132 valence electrons. The molecule has 0 aromatic heterocycles. The van der Waals surface area contributed by atoms with E-state index in [1.807, 2.05) is 6.92 Å². The molecule has 0 radical (unpaired) electrons. The van der Waals surface area contributed by atoms with Gasteiger partial charge in [0.25, 0.3) is 0 Å². The van der Waals surface area contributed by atoms with E-state index in [-0.39, 0.29) is 24.0 Å². The van der Waals surface area contributed by atoms with Crippen LogP contribution >= 0.6 is 35.7 Å². The van der Waals surface area contributed by atoms with Gasteiger partial charge < -0.3 is 15.0 Å². The zero-order chi connectivity index (χ0) is 15.5. The fraction of sp³-hybridized carbons (Fsp3) is 0.938. The molecule has 1 heterocycles. The van der Waals surface area contributed by atoms with Crippen LogP contribution in [0, 0.1) is 5.92 Å². The molecule has 0 aromatic rings. The number of hydrogen-bond acceptors (Lipinski definition) is 3. The lowest BCUT2D eigenvalue weighted by Crippen LogP contribution is -2.49. The van der Waals surface area contributed by atoms with Crippen molar-refractivity contribution in [3.63, 3.8) is 0 Å². The Hall–Kier alpha value is 0.310. The van der Waals surface area contributed by atoms with Crippen molar-refractivity contribution < 1.29 is 4.74 Å². The first-order chi connectivity index (χ1) is 10.2. The summed E-state index contributed by atoms with van der Waals surface area (Å²) in [6, 6.07) is 0. The zero-order valence-electron chi connectivity index (χ0n) is 14.6. The standard InChI is InChI=1S/C16H33N3OS.HI/c1-5-17-16(18-9-7-8-11-20-6-2)19-10-12-21-15(13-19)14(3)4;/h14-15H,5-13H2,1-4H3,(H,17,18);1H. The highest BCUT2D eigenvalue weighted by Gasteiger charge is 2.24. The number of guanidine groups is 1. The maximum atomic E-state index is 5.37. The Kier molecular flexibility index (Phi) is 13.9. The first kappa shape index (κ1) is 22.3. The number of nitrogens with zero attached hydrogens (tertiary/aromatic N) is 2. The van der Waals surface area contributed by atoms with E-state index < -0.39 is 0 Å². The summed E-state index contributed by atoms with van der Waals surface area (Å²) in [6.07, 6.45) is 2.20. The van der Waals surface area contributed by atoms with Gasteiger partial charge in [-0.3, -0.25) is 4.99 Å². The molecule has 0 bridgehead atoms. The second kappa shape index (κ2) is 13.7. The van der Waals surface area contributed by atoms with Crippen molar-refractivity contribution in [2.75, 3.05) is 45.1 Å². The number of thioether (sulfide) groups is 1. The molecule has 1 unspecified atom stereocenters. The molecule has 6 heteroatoms. The Morgan fingerprint density at radius 2 is 2.14 bits per heavy atom. The molecule has 1 rings (SSSR count). The number of ether oxygens (including phenoxy) is 1. The van der Waals surface area contributed by atoms with Crippen LogP contribution in [-0.4, -0.2) is 61.3 Å². The minimum absolute atomic E-state index is 0. The van der Waals surface area contributed by atoms with E-state index in [0.29, 0.717) is 0 Å². The van der Waals surface area contributed by atoms with Crippen LogP contribution in [0.1, 0.15) is 40.5 Å². The van der Waals surface area contributed by atoms with Crippen LogP contribution in [-0.2, 0) is 4.74 Å². The minimum Gasteiger partial charge on any atom is -0.382 e. The van der Waals surface area contributed by atoms with E-state index in [1.165, 1.54) is 5.75 Å². The molecule has 1 aliphatic rings. The predicted molar refractivity (Wildman–Crippen MR) is 110 cm³/mol. The fourth-order valence-electron chi connectivity index (χ4n) is 2.34. The topological polar surface area (TPSA) is 36.9 Å². The van der Waals surface area contributed by atoms with Crippen LogP contribution < -0.4 is 5.32 Å². The molecular formula is C16H34IN3OS. The molecule has 0 spiro atoms. The molecular weight excluding hydrogens is 409 g/mol. The van der Waals surface area contributed by atoms with Crippen molar-refractivity contribution in [3.8, 4) is 0 Å². The maximum Gasteiger partial charge on any atom is 0.193 e. The van der Waals surface area contributed by atoms with Gasteiger partial charge >= 0.3 is 0 Å². The van der Waals surface area contributed by atoms with Crippen molar-refractivity contribution in [3.05, 3.63) is 0 Å². The summed E-state index contributed by atoms with van der Waals surface area (Å²) in [5, 5.41) is 4.17. The quantitative estimate of drug-likeness (QED) is 0.270. The van der Waals surface area contributed by atoms with Crippen LogP contribution in [0.4, 0.5) is 0 Å². The lowest BCUT2D eigenvalue weighted by molar-refractivity contribution is 0.144. The first-order valence-electron chi connectivity index (χ1n) is 8.41. The third-order valence-corrected chi connectivity index (χ3v) is 5.17. The normalized spacial score (nSPS) is 19.2. The summed E-state index contributed by atoms with van der Waals surface area (Å²) in [6.45, 7) is 14.6. The largest absolute Gasteiger partial charge is 0.382 e. The number of unbranched alkanes of at least 4 members (excludes halogenated alkanes) is 1. The second-order valence-electron chi connectivity index (χ2n) is 5.74. The first-order valence-corrected chi connectivity index (χ1v) is 9.46. The average Bonchev–Trinajstić information content (AvgIpc) is 2.49. The van der Waals surface area contributed by atoms with E-state index in [9.17, 15) is 0 Å². The third-order valence-electron chi connectivity index (χ3n) is 3.63.